The van der Waals surface area contributed by atoms with E-state index in [9.17, 15) is 14.4 Å². The van der Waals surface area contributed by atoms with Gasteiger partial charge in [-0.15, -0.1) is 11.8 Å². The Balaban J connectivity index is 1.63. The number of fused-ring (bicyclic) bond motifs is 1. The molecule has 2 N–H and O–H groups in total. The molecule has 2 heterocycles. The van der Waals surface area contributed by atoms with Gasteiger partial charge in [0.25, 0.3) is 5.91 Å². The van der Waals surface area contributed by atoms with Crippen LogP contribution in [0.4, 0.5) is 0 Å². The van der Waals surface area contributed by atoms with E-state index in [2.05, 4.69) is 5.32 Å². The summed E-state index contributed by atoms with van der Waals surface area (Å²) in [6.45, 7) is 0. The van der Waals surface area contributed by atoms with Crippen LogP contribution < -0.4 is 5.32 Å². The molecule has 7 heteroatoms. The highest BCUT2D eigenvalue weighted by Crippen LogP contribution is 2.37. The van der Waals surface area contributed by atoms with Gasteiger partial charge < -0.3 is 10.4 Å². The van der Waals surface area contributed by atoms with E-state index < -0.39 is 12.0 Å². The maximum absolute atomic E-state index is 12.1. The molecule has 114 valence electrons. The SMILES string of the molecule is O=C(Cc1ccccc1)NC1C(=O)N2C(C(=O)O)=CCS[C@H]12. The molecule has 0 radical (unpaired) electrons. The number of amides is 2. The van der Waals surface area contributed by atoms with E-state index in [1.807, 2.05) is 30.3 Å². The van der Waals surface area contributed by atoms with Gasteiger partial charge in [-0.2, -0.15) is 0 Å². The molecule has 2 aliphatic heterocycles. The number of benzene rings is 1. The van der Waals surface area contributed by atoms with E-state index in [0.29, 0.717) is 5.75 Å². The summed E-state index contributed by atoms with van der Waals surface area (Å²) < 4.78 is 0. The Labute approximate surface area is 131 Å². The largest absolute Gasteiger partial charge is 0.477 e. The van der Waals surface area contributed by atoms with Gasteiger partial charge in [0.05, 0.1) is 6.42 Å². The van der Waals surface area contributed by atoms with Crippen LogP contribution >= 0.6 is 11.8 Å². The molecule has 0 aliphatic carbocycles. The van der Waals surface area contributed by atoms with Gasteiger partial charge in [-0.05, 0) is 11.6 Å². The number of nitrogens with one attached hydrogen (secondary N) is 1. The summed E-state index contributed by atoms with van der Waals surface area (Å²) >= 11 is 1.44. The Morgan fingerprint density at radius 3 is 2.73 bits per heavy atom. The molecule has 2 aliphatic rings. The predicted molar refractivity (Wildman–Crippen MR) is 80.9 cm³/mol. The van der Waals surface area contributed by atoms with Gasteiger partial charge in [0, 0.05) is 5.75 Å². The number of aliphatic carboxylic acids is 1. The smallest absolute Gasteiger partial charge is 0.352 e. The second-order valence-corrected chi connectivity index (χ2v) is 6.18. The van der Waals surface area contributed by atoms with E-state index in [-0.39, 0.29) is 29.3 Å². The highest BCUT2D eigenvalue weighted by atomic mass is 32.2. The van der Waals surface area contributed by atoms with E-state index in [4.69, 9.17) is 5.11 Å². The van der Waals surface area contributed by atoms with Gasteiger partial charge in [-0.25, -0.2) is 4.79 Å². The molecule has 1 aromatic carbocycles. The maximum atomic E-state index is 12.1. The first kappa shape index (κ1) is 14.6. The molecule has 0 aromatic heterocycles. The summed E-state index contributed by atoms with van der Waals surface area (Å²) in [5, 5.41) is 11.5. The van der Waals surface area contributed by atoms with Crippen molar-refractivity contribution in [2.75, 3.05) is 5.75 Å². The van der Waals surface area contributed by atoms with Gasteiger partial charge >= 0.3 is 5.97 Å². The Kier molecular flexibility index (Phi) is 3.89. The molecule has 2 atom stereocenters. The lowest BCUT2D eigenvalue weighted by molar-refractivity contribution is -0.150. The van der Waals surface area contributed by atoms with Crippen molar-refractivity contribution in [3.63, 3.8) is 0 Å². The number of thioether (sulfide) groups is 1. The van der Waals surface area contributed by atoms with Crippen molar-refractivity contribution in [2.24, 2.45) is 0 Å². The minimum absolute atomic E-state index is 0.00214. The number of carbonyl (C=O) groups excluding carboxylic acids is 2. The van der Waals surface area contributed by atoms with Gasteiger partial charge in [0.15, 0.2) is 0 Å². The number of nitrogens with zero attached hydrogens (tertiary/aromatic N) is 1. The number of carboxylic acid groups (broad SMARTS) is 1. The molecule has 1 saturated heterocycles. The fraction of sp³-hybridized carbons (Fsp3) is 0.267. The molecule has 6 nitrogen and oxygen atoms in total. The number of carbonyl (C=O) groups is 3. The normalized spacial score (nSPS) is 23.2. The fourth-order valence-electron chi connectivity index (χ4n) is 2.54. The van der Waals surface area contributed by atoms with Gasteiger partial charge in [-0.3, -0.25) is 14.5 Å². The molecule has 1 unspecified atom stereocenters. The highest BCUT2D eigenvalue weighted by molar-refractivity contribution is 8.00. The zero-order valence-corrected chi connectivity index (χ0v) is 12.4. The second kappa shape index (κ2) is 5.84. The fourth-order valence-corrected chi connectivity index (χ4v) is 3.74. The maximum Gasteiger partial charge on any atom is 0.352 e. The van der Waals surface area contributed by atoms with Crippen LogP contribution in [0.25, 0.3) is 0 Å². The molecule has 22 heavy (non-hydrogen) atoms. The van der Waals surface area contributed by atoms with Gasteiger partial charge in [0.1, 0.15) is 17.1 Å². The van der Waals surface area contributed by atoms with Crippen molar-refractivity contribution < 1.29 is 19.5 Å². The molecular weight excluding hydrogens is 304 g/mol. The zero-order valence-electron chi connectivity index (χ0n) is 11.6. The lowest BCUT2D eigenvalue weighted by Crippen LogP contribution is -2.70. The number of hydrogen-bond acceptors (Lipinski definition) is 4. The lowest BCUT2D eigenvalue weighted by Gasteiger charge is -2.48. The third kappa shape index (κ3) is 2.59. The standard InChI is InChI=1S/C15H14N2O4S/c18-11(8-9-4-2-1-3-5-9)16-12-13(19)17-10(15(20)21)6-7-22-14(12)17/h1-6,12,14H,7-8H2,(H,16,18)(H,20,21)/t12?,14-/m1/s1. The van der Waals surface area contributed by atoms with Crippen LogP contribution in [0, 0.1) is 0 Å². The second-order valence-electron chi connectivity index (χ2n) is 5.03. The van der Waals surface area contributed by atoms with E-state index >= 15 is 0 Å². The zero-order chi connectivity index (χ0) is 15.7. The molecular formula is C15H14N2O4S. The highest BCUT2D eigenvalue weighted by Gasteiger charge is 2.52. The number of β-lactam (4-membered cyclic amide) rings is 1. The first-order chi connectivity index (χ1) is 10.6. The van der Waals surface area contributed by atoms with Gasteiger partial charge in [-0.1, -0.05) is 30.3 Å². The minimum atomic E-state index is -1.12. The minimum Gasteiger partial charge on any atom is -0.477 e. The third-order valence-corrected chi connectivity index (χ3v) is 4.77. The quantitative estimate of drug-likeness (QED) is 0.794. The predicted octanol–water partition coefficient (Wildman–Crippen LogP) is 0.597. The topological polar surface area (TPSA) is 86.7 Å². The Bertz CT molecular complexity index is 659. The molecule has 0 bridgehead atoms. The van der Waals surface area contributed by atoms with Crippen LogP contribution in [0.2, 0.25) is 0 Å². The van der Waals surface area contributed by atoms with Crippen LogP contribution in [0.3, 0.4) is 0 Å². The molecule has 2 amide bonds. The van der Waals surface area contributed by atoms with Crippen molar-refractivity contribution in [1.82, 2.24) is 10.2 Å². The number of rotatable bonds is 4. The third-order valence-electron chi connectivity index (χ3n) is 3.59. The summed E-state index contributed by atoms with van der Waals surface area (Å²) in [4.78, 5) is 36.5. The Morgan fingerprint density at radius 2 is 2.05 bits per heavy atom. The summed E-state index contributed by atoms with van der Waals surface area (Å²) in [5.41, 5.74) is 0.869. The van der Waals surface area contributed by atoms with Crippen LogP contribution in [0.5, 0.6) is 0 Å². The molecule has 0 saturated carbocycles. The van der Waals surface area contributed by atoms with Crippen LogP contribution in [0.1, 0.15) is 5.56 Å². The molecule has 3 rings (SSSR count). The molecule has 1 aromatic rings. The van der Waals surface area contributed by atoms with Crippen molar-refractivity contribution in [2.45, 2.75) is 17.8 Å². The average molecular weight is 318 g/mol. The first-order valence-corrected chi connectivity index (χ1v) is 7.84. The van der Waals surface area contributed by atoms with Crippen molar-refractivity contribution in [3.05, 3.63) is 47.7 Å². The summed E-state index contributed by atoms with van der Waals surface area (Å²) in [6, 6.07) is 8.60. The molecule has 0 spiro atoms. The van der Waals surface area contributed by atoms with E-state index in [0.717, 1.165) is 5.56 Å². The van der Waals surface area contributed by atoms with Crippen LogP contribution in [-0.4, -0.2) is 45.0 Å². The van der Waals surface area contributed by atoms with Crippen molar-refractivity contribution >= 4 is 29.5 Å². The Hall–Kier alpha value is -2.28. The number of hydrogen-bond donors (Lipinski definition) is 2. The van der Waals surface area contributed by atoms with Gasteiger partial charge in [0.2, 0.25) is 5.91 Å². The summed E-state index contributed by atoms with van der Waals surface area (Å²) in [5.74, 6) is -1.21. The summed E-state index contributed by atoms with van der Waals surface area (Å²) in [6.07, 6.45) is 1.72. The van der Waals surface area contributed by atoms with Crippen molar-refractivity contribution in [1.29, 1.82) is 0 Å². The first-order valence-electron chi connectivity index (χ1n) is 6.79. The summed E-state index contributed by atoms with van der Waals surface area (Å²) in [7, 11) is 0. The molecule has 1 fully saturated rings. The lowest BCUT2D eigenvalue weighted by atomic mass is 10.0. The van der Waals surface area contributed by atoms with Crippen LogP contribution in [-0.2, 0) is 20.8 Å². The Morgan fingerprint density at radius 1 is 1.32 bits per heavy atom. The van der Waals surface area contributed by atoms with E-state index in [1.54, 1.807) is 0 Å². The van der Waals surface area contributed by atoms with E-state index in [1.165, 1.54) is 22.7 Å². The number of carboxylic acids is 1. The average Bonchev–Trinajstić information content (AvgIpc) is 2.52. The van der Waals surface area contributed by atoms with Crippen LogP contribution in [0.15, 0.2) is 42.1 Å². The monoisotopic (exact) mass is 318 g/mol. The van der Waals surface area contributed by atoms with Crippen molar-refractivity contribution in [3.8, 4) is 0 Å².